The molecule has 0 radical (unpaired) electrons. The van der Waals surface area contributed by atoms with Crippen LogP contribution in [0.3, 0.4) is 0 Å². The molecule has 2 rings (SSSR count). The summed E-state index contributed by atoms with van der Waals surface area (Å²) in [4.78, 5) is 48.7. The minimum atomic E-state index is -1.20. The van der Waals surface area contributed by atoms with Gasteiger partial charge < -0.3 is 25.8 Å². The summed E-state index contributed by atoms with van der Waals surface area (Å²) in [6.07, 6.45) is 4.92. The minimum Gasteiger partial charge on any atom is -0.480 e. The van der Waals surface area contributed by atoms with Crippen LogP contribution in [0.4, 0.5) is 4.79 Å². The zero-order valence-electron chi connectivity index (χ0n) is 18.8. The third-order valence-corrected chi connectivity index (χ3v) is 6.26. The molecule has 0 spiro atoms. The SMILES string of the molecule is CCC1CCC(OC(=O)N[C@@H](CC(C)C)C(=O)N[C@@H](C[C@@H]2CCNC2=O)C(=O)O)CC1. The van der Waals surface area contributed by atoms with Gasteiger partial charge in [-0.15, -0.1) is 0 Å². The quantitative estimate of drug-likeness (QED) is 0.412. The van der Waals surface area contributed by atoms with Gasteiger partial charge in [-0.1, -0.05) is 27.2 Å². The van der Waals surface area contributed by atoms with Crippen LogP contribution < -0.4 is 16.0 Å². The molecule has 9 heteroatoms. The Bertz CT molecular complexity index is 645. The number of carbonyl (C=O) groups is 4. The van der Waals surface area contributed by atoms with E-state index in [1.807, 2.05) is 13.8 Å². The van der Waals surface area contributed by atoms with E-state index in [0.29, 0.717) is 25.3 Å². The molecule has 2 fully saturated rings. The molecule has 3 amide bonds. The van der Waals surface area contributed by atoms with Crippen molar-refractivity contribution in [3.8, 4) is 0 Å². The van der Waals surface area contributed by atoms with E-state index in [9.17, 15) is 24.3 Å². The first-order chi connectivity index (χ1) is 14.7. The molecule has 1 saturated heterocycles. The lowest BCUT2D eigenvalue weighted by molar-refractivity contribution is -0.143. The second-order valence-corrected chi connectivity index (χ2v) is 9.19. The van der Waals surface area contributed by atoms with Crippen LogP contribution in [-0.2, 0) is 19.1 Å². The van der Waals surface area contributed by atoms with Gasteiger partial charge in [-0.3, -0.25) is 9.59 Å². The van der Waals surface area contributed by atoms with Gasteiger partial charge in [-0.25, -0.2) is 9.59 Å². The third-order valence-electron chi connectivity index (χ3n) is 6.26. The van der Waals surface area contributed by atoms with Gasteiger partial charge in [0.25, 0.3) is 0 Å². The van der Waals surface area contributed by atoms with E-state index in [2.05, 4.69) is 22.9 Å². The fourth-order valence-corrected chi connectivity index (χ4v) is 4.34. The Hall–Kier alpha value is -2.32. The summed E-state index contributed by atoms with van der Waals surface area (Å²) >= 11 is 0. The molecule has 31 heavy (non-hydrogen) atoms. The molecule has 1 saturated carbocycles. The van der Waals surface area contributed by atoms with Crippen molar-refractivity contribution >= 4 is 23.9 Å². The van der Waals surface area contributed by atoms with Crippen LogP contribution in [0, 0.1) is 17.8 Å². The van der Waals surface area contributed by atoms with Gasteiger partial charge in [0.15, 0.2) is 0 Å². The van der Waals surface area contributed by atoms with Gasteiger partial charge in [0.2, 0.25) is 11.8 Å². The Kier molecular flexibility index (Phi) is 9.58. The maximum atomic E-state index is 12.8. The van der Waals surface area contributed by atoms with Gasteiger partial charge in [0.1, 0.15) is 18.2 Å². The van der Waals surface area contributed by atoms with Crippen molar-refractivity contribution in [1.82, 2.24) is 16.0 Å². The summed E-state index contributed by atoms with van der Waals surface area (Å²) in [5.41, 5.74) is 0. The first-order valence-corrected chi connectivity index (χ1v) is 11.5. The number of alkyl carbamates (subject to hydrolysis) is 1. The largest absolute Gasteiger partial charge is 0.480 e. The summed E-state index contributed by atoms with van der Waals surface area (Å²) in [5.74, 6) is -1.64. The average Bonchev–Trinajstić information content (AvgIpc) is 3.11. The number of hydrogen-bond donors (Lipinski definition) is 4. The van der Waals surface area contributed by atoms with Gasteiger partial charge in [-0.2, -0.15) is 0 Å². The monoisotopic (exact) mass is 439 g/mol. The maximum Gasteiger partial charge on any atom is 0.408 e. The van der Waals surface area contributed by atoms with Crippen LogP contribution in [0.5, 0.6) is 0 Å². The van der Waals surface area contributed by atoms with Crippen molar-refractivity contribution in [2.75, 3.05) is 6.54 Å². The highest BCUT2D eigenvalue weighted by molar-refractivity contribution is 5.90. The van der Waals surface area contributed by atoms with Gasteiger partial charge in [0, 0.05) is 12.5 Å². The fraction of sp³-hybridized carbons (Fsp3) is 0.818. The summed E-state index contributed by atoms with van der Waals surface area (Å²) in [6.45, 7) is 6.50. The predicted molar refractivity (Wildman–Crippen MR) is 114 cm³/mol. The number of carbonyl (C=O) groups excluding carboxylic acids is 3. The van der Waals surface area contributed by atoms with Crippen LogP contribution >= 0.6 is 0 Å². The number of hydrogen-bond acceptors (Lipinski definition) is 5. The highest BCUT2D eigenvalue weighted by Crippen LogP contribution is 2.28. The molecule has 1 aliphatic heterocycles. The number of ether oxygens (including phenoxy) is 1. The van der Waals surface area contributed by atoms with Crippen molar-refractivity contribution < 1.29 is 29.0 Å². The van der Waals surface area contributed by atoms with E-state index in [0.717, 1.165) is 32.1 Å². The van der Waals surface area contributed by atoms with E-state index in [-0.39, 0.29) is 24.3 Å². The fourth-order valence-electron chi connectivity index (χ4n) is 4.34. The Morgan fingerprint density at radius 1 is 1.10 bits per heavy atom. The summed E-state index contributed by atoms with van der Waals surface area (Å²) in [6, 6.07) is -2.10. The minimum absolute atomic E-state index is 0.0203. The number of aliphatic carboxylic acids is 1. The van der Waals surface area contributed by atoms with Crippen molar-refractivity contribution in [2.45, 2.75) is 90.3 Å². The Labute approximate surface area is 184 Å². The molecule has 176 valence electrons. The lowest BCUT2D eigenvalue weighted by Gasteiger charge is -2.28. The van der Waals surface area contributed by atoms with Crippen LogP contribution in [-0.4, -0.2) is 53.7 Å². The molecule has 0 bridgehead atoms. The first-order valence-electron chi connectivity index (χ1n) is 11.5. The highest BCUT2D eigenvalue weighted by atomic mass is 16.6. The Morgan fingerprint density at radius 2 is 1.77 bits per heavy atom. The molecule has 3 atom stereocenters. The van der Waals surface area contributed by atoms with Crippen molar-refractivity contribution in [3.05, 3.63) is 0 Å². The molecule has 0 aromatic carbocycles. The number of carboxylic acid groups (broad SMARTS) is 1. The van der Waals surface area contributed by atoms with E-state index in [1.165, 1.54) is 0 Å². The Balaban J connectivity index is 1.92. The van der Waals surface area contributed by atoms with Crippen molar-refractivity contribution in [2.24, 2.45) is 17.8 Å². The van der Waals surface area contributed by atoms with Crippen LogP contribution in [0.25, 0.3) is 0 Å². The predicted octanol–water partition coefficient (Wildman–Crippen LogP) is 2.19. The van der Waals surface area contributed by atoms with E-state index >= 15 is 0 Å². The molecule has 4 N–H and O–H groups in total. The summed E-state index contributed by atoms with van der Waals surface area (Å²) in [7, 11) is 0. The topological polar surface area (TPSA) is 134 Å². The number of nitrogens with one attached hydrogen (secondary N) is 3. The number of carboxylic acids is 1. The molecule has 0 unspecified atom stereocenters. The van der Waals surface area contributed by atoms with Crippen LogP contribution in [0.15, 0.2) is 0 Å². The molecule has 0 aromatic rings. The standard InChI is InChI=1S/C22H37N3O6/c1-4-14-5-7-16(8-6-14)31-22(30)25-17(11-13(2)3)20(27)24-18(21(28)29)12-15-9-10-23-19(15)26/h13-18H,4-12H2,1-3H3,(H,23,26)(H,24,27)(H,25,30)(H,28,29)/t14?,15-,16?,17-,18-/m0/s1. The average molecular weight is 440 g/mol. The Morgan fingerprint density at radius 3 is 2.29 bits per heavy atom. The molecule has 1 heterocycles. The van der Waals surface area contributed by atoms with E-state index < -0.39 is 36.0 Å². The zero-order chi connectivity index (χ0) is 23.0. The van der Waals surface area contributed by atoms with E-state index in [4.69, 9.17) is 4.74 Å². The lowest BCUT2D eigenvalue weighted by atomic mass is 9.86. The maximum absolute atomic E-state index is 12.8. The van der Waals surface area contributed by atoms with Gasteiger partial charge in [-0.05, 0) is 56.8 Å². The van der Waals surface area contributed by atoms with Crippen LogP contribution in [0.1, 0.15) is 72.1 Å². The number of amides is 3. The van der Waals surface area contributed by atoms with E-state index in [1.54, 1.807) is 0 Å². The third kappa shape index (κ3) is 8.03. The van der Waals surface area contributed by atoms with Crippen molar-refractivity contribution in [3.63, 3.8) is 0 Å². The molecular formula is C22H37N3O6. The first kappa shape index (κ1) is 24.9. The second-order valence-electron chi connectivity index (χ2n) is 9.19. The van der Waals surface area contributed by atoms with Crippen LogP contribution in [0.2, 0.25) is 0 Å². The normalized spacial score (nSPS) is 25.4. The highest BCUT2D eigenvalue weighted by Gasteiger charge is 2.33. The van der Waals surface area contributed by atoms with Gasteiger partial charge in [0.05, 0.1) is 0 Å². The van der Waals surface area contributed by atoms with Gasteiger partial charge >= 0.3 is 12.1 Å². The lowest BCUT2D eigenvalue weighted by Crippen LogP contribution is -2.53. The number of rotatable bonds is 10. The zero-order valence-corrected chi connectivity index (χ0v) is 18.8. The smallest absolute Gasteiger partial charge is 0.408 e. The molecule has 9 nitrogen and oxygen atoms in total. The molecule has 2 aliphatic rings. The molecular weight excluding hydrogens is 402 g/mol. The summed E-state index contributed by atoms with van der Waals surface area (Å²) < 4.78 is 5.52. The molecule has 0 aromatic heterocycles. The summed E-state index contributed by atoms with van der Waals surface area (Å²) in [5, 5.41) is 17.3. The van der Waals surface area contributed by atoms with Crippen molar-refractivity contribution in [1.29, 1.82) is 0 Å². The molecule has 1 aliphatic carbocycles. The second kappa shape index (κ2) is 11.9.